The molecule has 36 heavy (non-hydrogen) atoms. The number of carbonyl (C=O) groups excluding carboxylic acids is 1. The zero-order valence-corrected chi connectivity index (χ0v) is 21.0. The van der Waals surface area contributed by atoms with Crippen LogP contribution in [0.3, 0.4) is 0 Å². The van der Waals surface area contributed by atoms with Crippen molar-refractivity contribution in [3.63, 3.8) is 0 Å². The molecule has 4 aromatic carbocycles. The lowest BCUT2D eigenvalue weighted by molar-refractivity contribution is -0.115. The quantitative estimate of drug-likeness (QED) is 0.248. The Bertz CT molecular complexity index is 1500. The summed E-state index contributed by atoms with van der Waals surface area (Å²) >= 11 is 3.31. The van der Waals surface area contributed by atoms with Crippen LogP contribution >= 0.6 is 23.1 Å². The van der Waals surface area contributed by atoms with Gasteiger partial charge in [-0.05, 0) is 35.7 Å². The maximum Gasteiger partial charge on any atom is 0.226 e. The van der Waals surface area contributed by atoms with E-state index in [1.54, 1.807) is 11.8 Å². The molecule has 5 aromatic rings. The number of fused-ring (bicyclic) bond motifs is 3. The number of aromatic nitrogens is 2. The van der Waals surface area contributed by atoms with E-state index in [4.69, 9.17) is 0 Å². The maximum atomic E-state index is 12.6. The number of para-hydroxylation sites is 2. The highest BCUT2D eigenvalue weighted by atomic mass is 32.2. The zero-order valence-electron chi connectivity index (χ0n) is 19.3. The summed E-state index contributed by atoms with van der Waals surface area (Å²) in [6.45, 7) is 1.12. The van der Waals surface area contributed by atoms with Gasteiger partial charge in [-0.25, -0.2) is 0 Å². The van der Waals surface area contributed by atoms with Crippen molar-refractivity contribution in [2.45, 2.75) is 22.8 Å². The molecule has 1 aliphatic heterocycles. The molecule has 1 amide bonds. The van der Waals surface area contributed by atoms with E-state index in [0.29, 0.717) is 19.5 Å². The van der Waals surface area contributed by atoms with Crippen molar-refractivity contribution < 1.29 is 4.79 Å². The molecule has 0 spiro atoms. The molecular formula is C28H23N5OS2. The standard InChI is InChI=1S/C28H23N5OS2/c34-26(30-21-11-7-9-19-8-1-2-10-20(19)21)16-17-29-28-32-31-27(36-28)18-33-22-12-3-5-14-24(22)35-25-15-6-4-13-23(25)33/h1-15H,16-18H2,(H,29,32)(H,30,34). The van der Waals surface area contributed by atoms with Gasteiger partial charge in [-0.2, -0.15) is 0 Å². The van der Waals surface area contributed by atoms with Crippen molar-refractivity contribution in [2.24, 2.45) is 0 Å². The first-order valence-electron chi connectivity index (χ1n) is 11.7. The Labute approximate surface area is 217 Å². The van der Waals surface area contributed by atoms with Crippen molar-refractivity contribution >= 4 is 62.0 Å². The molecule has 0 fully saturated rings. The number of nitrogens with zero attached hydrogens (tertiary/aromatic N) is 3. The molecule has 178 valence electrons. The van der Waals surface area contributed by atoms with Gasteiger partial charge < -0.3 is 15.5 Å². The normalized spacial score (nSPS) is 12.2. The summed E-state index contributed by atoms with van der Waals surface area (Å²) in [4.78, 5) is 17.3. The van der Waals surface area contributed by atoms with Crippen LogP contribution in [0.5, 0.6) is 0 Å². The van der Waals surface area contributed by atoms with E-state index in [1.807, 2.05) is 42.5 Å². The summed E-state index contributed by atoms with van der Waals surface area (Å²) in [6, 6.07) is 30.8. The monoisotopic (exact) mass is 509 g/mol. The van der Waals surface area contributed by atoms with E-state index in [0.717, 1.165) is 26.6 Å². The van der Waals surface area contributed by atoms with Gasteiger partial charge in [-0.3, -0.25) is 4.79 Å². The Morgan fingerprint density at radius 1 is 0.806 bits per heavy atom. The number of hydrogen-bond acceptors (Lipinski definition) is 7. The van der Waals surface area contributed by atoms with Gasteiger partial charge in [0, 0.05) is 33.8 Å². The second-order valence-electron chi connectivity index (χ2n) is 8.38. The molecule has 0 radical (unpaired) electrons. The van der Waals surface area contributed by atoms with Gasteiger partial charge in [0.15, 0.2) is 0 Å². The van der Waals surface area contributed by atoms with Gasteiger partial charge in [0.1, 0.15) is 5.01 Å². The van der Waals surface area contributed by atoms with Crippen LogP contribution in [0.4, 0.5) is 22.2 Å². The third-order valence-electron chi connectivity index (χ3n) is 5.98. The van der Waals surface area contributed by atoms with Gasteiger partial charge >= 0.3 is 0 Å². The van der Waals surface area contributed by atoms with E-state index in [2.05, 4.69) is 74.3 Å². The number of carbonyl (C=O) groups is 1. The van der Waals surface area contributed by atoms with Crippen molar-refractivity contribution in [3.05, 3.63) is 96.0 Å². The maximum absolute atomic E-state index is 12.6. The first-order chi connectivity index (χ1) is 17.7. The van der Waals surface area contributed by atoms with Crippen LogP contribution in [0.25, 0.3) is 10.8 Å². The van der Waals surface area contributed by atoms with E-state index >= 15 is 0 Å². The van der Waals surface area contributed by atoms with Crippen LogP contribution in [0.2, 0.25) is 0 Å². The van der Waals surface area contributed by atoms with E-state index < -0.39 is 0 Å². The van der Waals surface area contributed by atoms with Crippen LogP contribution in [-0.4, -0.2) is 22.6 Å². The average Bonchev–Trinajstić information content (AvgIpc) is 3.36. The van der Waals surface area contributed by atoms with Crippen LogP contribution < -0.4 is 15.5 Å². The fourth-order valence-electron chi connectivity index (χ4n) is 4.31. The molecule has 0 saturated carbocycles. The van der Waals surface area contributed by atoms with Crippen LogP contribution in [-0.2, 0) is 11.3 Å². The highest BCUT2D eigenvalue weighted by Gasteiger charge is 2.24. The summed E-state index contributed by atoms with van der Waals surface area (Å²) in [5.74, 6) is -0.0392. The van der Waals surface area contributed by atoms with Crippen molar-refractivity contribution in [2.75, 3.05) is 22.1 Å². The number of amides is 1. The summed E-state index contributed by atoms with van der Waals surface area (Å²) < 4.78 is 0. The summed E-state index contributed by atoms with van der Waals surface area (Å²) in [5, 5.41) is 18.8. The van der Waals surface area contributed by atoms with Gasteiger partial charge in [-0.1, -0.05) is 83.8 Å². The fraction of sp³-hybridized carbons (Fsp3) is 0.107. The van der Waals surface area contributed by atoms with Gasteiger partial charge in [0.2, 0.25) is 11.0 Å². The Hall–Kier alpha value is -3.88. The van der Waals surface area contributed by atoms with Crippen molar-refractivity contribution in [1.82, 2.24) is 10.2 Å². The van der Waals surface area contributed by atoms with E-state index in [-0.39, 0.29) is 5.91 Å². The molecule has 6 nitrogen and oxygen atoms in total. The minimum atomic E-state index is -0.0392. The first-order valence-corrected chi connectivity index (χ1v) is 13.4. The Morgan fingerprint density at radius 3 is 2.31 bits per heavy atom. The second kappa shape index (κ2) is 10.0. The van der Waals surface area contributed by atoms with E-state index in [9.17, 15) is 4.79 Å². The summed E-state index contributed by atoms with van der Waals surface area (Å²) in [7, 11) is 0. The third-order valence-corrected chi connectivity index (χ3v) is 7.98. The third kappa shape index (κ3) is 4.65. The molecule has 0 saturated heterocycles. The molecule has 0 unspecified atom stereocenters. The molecule has 1 aliphatic rings. The second-order valence-corrected chi connectivity index (χ2v) is 10.5. The Morgan fingerprint density at radius 2 is 1.50 bits per heavy atom. The molecule has 1 aromatic heterocycles. The molecule has 6 rings (SSSR count). The molecule has 0 atom stereocenters. The number of anilines is 4. The topological polar surface area (TPSA) is 70.2 Å². The Balaban J connectivity index is 1.09. The zero-order chi connectivity index (χ0) is 24.3. The minimum absolute atomic E-state index is 0.0392. The van der Waals surface area contributed by atoms with Crippen molar-refractivity contribution in [3.8, 4) is 0 Å². The van der Waals surface area contributed by atoms with Gasteiger partial charge in [-0.15, -0.1) is 10.2 Å². The average molecular weight is 510 g/mol. The number of hydrogen-bond donors (Lipinski definition) is 2. The Kier molecular flexibility index (Phi) is 6.27. The number of rotatable bonds is 7. The van der Waals surface area contributed by atoms with Crippen LogP contribution in [0, 0.1) is 0 Å². The number of benzene rings is 4. The SMILES string of the molecule is O=C(CCNc1nnc(CN2c3ccccc3Sc3ccccc32)s1)Nc1cccc2ccccc12. The lowest BCUT2D eigenvalue weighted by atomic mass is 10.1. The minimum Gasteiger partial charge on any atom is -0.360 e. The van der Waals surface area contributed by atoms with E-state index in [1.165, 1.54) is 32.5 Å². The van der Waals surface area contributed by atoms with Gasteiger partial charge in [0.25, 0.3) is 0 Å². The molecule has 2 N–H and O–H groups in total. The predicted octanol–water partition coefficient (Wildman–Crippen LogP) is 6.93. The summed E-state index contributed by atoms with van der Waals surface area (Å²) in [6.07, 6.45) is 0.336. The lowest BCUT2D eigenvalue weighted by Crippen LogP contribution is -2.20. The molecular weight excluding hydrogens is 486 g/mol. The fourth-order valence-corrected chi connectivity index (χ4v) is 6.16. The predicted molar refractivity (Wildman–Crippen MR) is 148 cm³/mol. The molecule has 2 heterocycles. The number of nitrogens with one attached hydrogen (secondary N) is 2. The van der Waals surface area contributed by atoms with Gasteiger partial charge in [0.05, 0.1) is 17.9 Å². The smallest absolute Gasteiger partial charge is 0.226 e. The largest absolute Gasteiger partial charge is 0.360 e. The van der Waals surface area contributed by atoms with Crippen LogP contribution in [0.15, 0.2) is 101 Å². The molecule has 0 bridgehead atoms. The summed E-state index contributed by atoms with van der Waals surface area (Å²) in [5.41, 5.74) is 3.18. The molecule has 0 aliphatic carbocycles. The lowest BCUT2D eigenvalue weighted by Gasteiger charge is -2.31. The first kappa shape index (κ1) is 22.6. The highest BCUT2D eigenvalue weighted by molar-refractivity contribution is 7.99. The highest BCUT2D eigenvalue weighted by Crippen LogP contribution is 2.48. The molecule has 8 heteroatoms. The van der Waals surface area contributed by atoms with Crippen molar-refractivity contribution in [1.29, 1.82) is 0 Å². The van der Waals surface area contributed by atoms with Crippen LogP contribution in [0.1, 0.15) is 11.4 Å².